The number of halogens is 1. The van der Waals surface area contributed by atoms with Crippen LogP contribution in [0, 0.1) is 12.3 Å². The van der Waals surface area contributed by atoms with Crippen LogP contribution in [0.2, 0.25) is 5.02 Å². The van der Waals surface area contributed by atoms with E-state index in [4.69, 9.17) is 16.3 Å². The van der Waals surface area contributed by atoms with E-state index in [-0.39, 0.29) is 31.8 Å². The van der Waals surface area contributed by atoms with Crippen molar-refractivity contribution >= 4 is 23.4 Å². The van der Waals surface area contributed by atoms with Gasteiger partial charge in [0.05, 0.1) is 13.2 Å². The maximum atomic E-state index is 12.0. The monoisotopic (exact) mass is 282 g/mol. The van der Waals surface area contributed by atoms with Gasteiger partial charge in [-0.2, -0.15) is 0 Å². The van der Waals surface area contributed by atoms with Crippen molar-refractivity contribution in [1.29, 1.82) is 0 Å². The van der Waals surface area contributed by atoms with Gasteiger partial charge in [-0.15, -0.1) is 0 Å². The molecule has 1 aromatic carbocycles. The fourth-order valence-electron chi connectivity index (χ4n) is 2.26. The first kappa shape index (κ1) is 14.0. The topological polar surface area (TPSA) is 63.6 Å². The van der Waals surface area contributed by atoms with Crippen LogP contribution in [0.15, 0.2) is 18.2 Å². The third-order valence-corrected chi connectivity index (χ3v) is 3.82. The van der Waals surface area contributed by atoms with E-state index in [1.165, 1.54) is 0 Å². The van der Waals surface area contributed by atoms with E-state index in [0.717, 1.165) is 5.56 Å². The smallest absolute Gasteiger partial charge is 0.319 e. The van der Waals surface area contributed by atoms with Crippen LogP contribution in [0.25, 0.3) is 0 Å². The van der Waals surface area contributed by atoms with E-state index < -0.39 is 11.4 Å². The second-order valence-electron chi connectivity index (χ2n) is 4.88. The molecule has 1 atom stereocenters. The minimum atomic E-state index is -1.50. The average Bonchev–Trinajstić information content (AvgIpc) is 2.35. The summed E-state index contributed by atoms with van der Waals surface area (Å²) in [5.74, 6) is -1.43. The van der Waals surface area contributed by atoms with Gasteiger partial charge in [-0.05, 0) is 30.5 Å². The molecule has 0 bridgehead atoms. The fraction of sp³-hybridized carbons (Fsp3) is 0.429. The van der Waals surface area contributed by atoms with Gasteiger partial charge in [0.2, 0.25) is 0 Å². The van der Waals surface area contributed by atoms with Crippen molar-refractivity contribution in [3.63, 3.8) is 0 Å². The lowest BCUT2D eigenvalue weighted by atomic mass is 9.76. The lowest BCUT2D eigenvalue weighted by Gasteiger charge is -2.31. The van der Waals surface area contributed by atoms with Crippen molar-refractivity contribution in [3.8, 4) is 0 Å². The van der Waals surface area contributed by atoms with E-state index in [1.807, 2.05) is 13.0 Å². The Morgan fingerprint density at radius 2 is 2.26 bits per heavy atom. The molecule has 5 heteroatoms. The van der Waals surface area contributed by atoms with E-state index >= 15 is 0 Å². The lowest BCUT2D eigenvalue weighted by molar-refractivity contribution is -0.164. The molecule has 0 saturated carbocycles. The number of hydrogen-bond donors (Lipinski definition) is 1. The van der Waals surface area contributed by atoms with E-state index in [2.05, 4.69) is 0 Å². The van der Waals surface area contributed by atoms with Gasteiger partial charge < -0.3 is 9.84 Å². The Balaban J connectivity index is 2.36. The first-order valence-corrected chi connectivity index (χ1v) is 6.43. The summed E-state index contributed by atoms with van der Waals surface area (Å²) in [5, 5.41) is 9.91. The molecule has 1 aliphatic rings. The number of Topliss-reactive ketones (excluding diaryl/α,β-unsaturated/α-hetero) is 1. The van der Waals surface area contributed by atoms with Crippen LogP contribution >= 0.6 is 11.6 Å². The number of carbonyl (C=O) groups is 2. The van der Waals surface area contributed by atoms with Crippen LogP contribution in [0.1, 0.15) is 17.5 Å². The normalized spacial score (nSPS) is 23.4. The molecule has 1 N–H and O–H groups in total. The molecule has 1 saturated heterocycles. The van der Waals surface area contributed by atoms with Crippen LogP contribution in [0.3, 0.4) is 0 Å². The molecule has 0 aliphatic carbocycles. The molecule has 1 aromatic rings. The first-order chi connectivity index (χ1) is 8.95. The number of hydrogen-bond acceptors (Lipinski definition) is 3. The Morgan fingerprint density at radius 3 is 2.84 bits per heavy atom. The number of rotatable bonds is 3. The highest BCUT2D eigenvalue weighted by Gasteiger charge is 2.48. The summed E-state index contributed by atoms with van der Waals surface area (Å²) in [6.07, 6.45) is 0.204. The number of carboxylic acids is 1. The Bertz CT molecular complexity index is 526. The van der Waals surface area contributed by atoms with Gasteiger partial charge >= 0.3 is 5.97 Å². The Hall–Kier alpha value is -1.39. The molecule has 19 heavy (non-hydrogen) atoms. The van der Waals surface area contributed by atoms with Crippen molar-refractivity contribution in [2.75, 3.05) is 13.2 Å². The maximum absolute atomic E-state index is 12.0. The highest BCUT2D eigenvalue weighted by atomic mass is 35.5. The zero-order valence-electron chi connectivity index (χ0n) is 10.6. The Labute approximate surface area is 116 Å². The molecule has 102 valence electrons. The SMILES string of the molecule is Cc1ccc(CC2(C(=O)O)COCCC2=O)c(Cl)c1. The number of carbonyl (C=O) groups excluding carboxylic acids is 1. The number of aryl methyl sites for hydroxylation is 1. The molecule has 1 aliphatic heterocycles. The molecule has 1 unspecified atom stereocenters. The molecule has 4 nitrogen and oxygen atoms in total. The number of ether oxygens (including phenoxy) is 1. The van der Waals surface area contributed by atoms with Crippen LogP contribution in [-0.4, -0.2) is 30.1 Å². The Kier molecular flexibility index (Phi) is 3.92. The second kappa shape index (κ2) is 5.31. The molecule has 1 fully saturated rings. The van der Waals surface area contributed by atoms with Gasteiger partial charge in [0, 0.05) is 11.4 Å². The van der Waals surface area contributed by atoms with Gasteiger partial charge in [-0.1, -0.05) is 23.7 Å². The van der Waals surface area contributed by atoms with Crippen molar-refractivity contribution in [1.82, 2.24) is 0 Å². The second-order valence-corrected chi connectivity index (χ2v) is 5.29. The summed E-state index contributed by atoms with van der Waals surface area (Å²) in [5.41, 5.74) is 0.148. The molecule has 0 amide bonds. The van der Waals surface area contributed by atoms with E-state index in [9.17, 15) is 14.7 Å². The maximum Gasteiger partial charge on any atom is 0.319 e. The predicted octanol–water partition coefficient (Wildman–Crippen LogP) is 2.25. The largest absolute Gasteiger partial charge is 0.480 e. The molecule has 0 spiro atoms. The van der Waals surface area contributed by atoms with Gasteiger partial charge in [0.1, 0.15) is 0 Å². The Morgan fingerprint density at radius 1 is 1.53 bits per heavy atom. The van der Waals surface area contributed by atoms with Crippen LogP contribution < -0.4 is 0 Å². The zero-order valence-corrected chi connectivity index (χ0v) is 11.4. The lowest BCUT2D eigenvalue weighted by Crippen LogP contribution is -2.48. The molecule has 0 radical (unpaired) electrons. The van der Waals surface area contributed by atoms with E-state index in [1.54, 1.807) is 12.1 Å². The van der Waals surface area contributed by atoms with Crippen LogP contribution in [0.5, 0.6) is 0 Å². The summed E-state index contributed by atoms with van der Waals surface area (Å²) < 4.78 is 5.21. The predicted molar refractivity (Wildman–Crippen MR) is 70.4 cm³/mol. The average molecular weight is 283 g/mol. The standard InChI is InChI=1S/C14H15ClO4/c1-9-2-3-10(11(15)6-9)7-14(13(17)18)8-19-5-4-12(14)16/h2-3,6H,4-5,7-8H2,1H3,(H,17,18). The number of ketones is 1. The van der Waals surface area contributed by atoms with Gasteiger partial charge in [-0.3, -0.25) is 9.59 Å². The summed E-state index contributed by atoms with van der Waals surface area (Å²) in [6, 6.07) is 5.38. The molecule has 1 heterocycles. The summed E-state index contributed by atoms with van der Waals surface area (Å²) in [4.78, 5) is 23.6. The summed E-state index contributed by atoms with van der Waals surface area (Å²) in [6.45, 7) is 2.10. The summed E-state index contributed by atoms with van der Waals surface area (Å²) >= 11 is 6.12. The molecular weight excluding hydrogens is 268 g/mol. The minimum Gasteiger partial charge on any atom is -0.480 e. The van der Waals surface area contributed by atoms with Gasteiger partial charge in [0.25, 0.3) is 0 Å². The number of benzene rings is 1. The van der Waals surface area contributed by atoms with Crippen LogP contribution in [-0.2, 0) is 20.7 Å². The summed E-state index contributed by atoms with van der Waals surface area (Å²) in [7, 11) is 0. The van der Waals surface area contributed by atoms with Crippen molar-refractivity contribution < 1.29 is 19.4 Å². The number of carboxylic acid groups (broad SMARTS) is 1. The number of aliphatic carboxylic acids is 1. The minimum absolute atomic E-state index is 0.0697. The first-order valence-electron chi connectivity index (χ1n) is 6.05. The highest BCUT2D eigenvalue weighted by Crippen LogP contribution is 2.32. The van der Waals surface area contributed by atoms with Gasteiger partial charge in [0.15, 0.2) is 11.2 Å². The molecule has 0 aromatic heterocycles. The molecule has 2 rings (SSSR count). The molecular formula is C14H15ClO4. The third kappa shape index (κ3) is 2.65. The highest BCUT2D eigenvalue weighted by molar-refractivity contribution is 6.31. The third-order valence-electron chi connectivity index (χ3n) is 3.47. The zero-order chi connectivity index (χ0) is 14.0. The van der Waals surface area contributed by atoms with E-state index in [0.29, 0.717) is 10.6 Å². The van der Waals surface area contributed by atoms with Crippen LogP contribution in [0.4, 0.5) is 0 Å². The van der Waals surface area contributed by atoms with Crippen molar-refractivity contribution in [2.45, 2.75) is 19.8 Å². The van der Waals surface area contributed by atoms with Gasteiger partial charge in [-0.25, -0.2) is 0 Å². The van der Waals surface area contributed by atoms with Crippen molar-refractivity contribution in [3.05, 3.63) is 34.3 Å². The van der Waals surface area contributed by atoms with Crippen molar-refractivity contribution in [2.24, 2.45) is 5.41 Å². The quantitative estimate of drug-likeness (QED) is 0.864. The fourth-order valence-corrected chi connectivity index (χ4v) is 2.56.